The summed E-state index contributed by atoms with van der Waals surface area (Å²) < 4.78 is 38.1. The number of nitrogens with zero attached hydrogens (tertiary/aromatic N) is 1. The van der Waals surface area contributed by atoms with E-state index < -0.39 is 12.1 Å². The number of carbonyl (C=O) groups excluding carboxylic acids is 1. The molecule has 1 saturated heterocycles. The second-order valence-electron chi connectivity index (χ2n) is 5.93. The molecule has 2 aliphatic rings. The summed E-state index contributed by atoms with van der Waals surface area (Å²) in [6, 6.07) is 0. The van der Waals surface area contributed by atoms with Crippen LogP contribution < -0.4 is 0 Å². The number of likely N-dealkylation sites (tertiary alicyclic amines) is 1. The van der Waals surface area contributed by atoms with E-state index in [0.29, 0.717) is 25.3 Å². The third-order valence-corrected chi connectivity index (χ3v) is 4.43. The first-order valence-electron chi connectivity index (χ1n) is 7.31. The van der Waals surface area contributed by atoms with Gasteiger partial charge in [0.1, 0.15) is 0 Å². The Balaban J connectivity index is 1.84. The van der Waals surface area contributed by atoms with E-state index in [1.54, 1.807) is 0 Å². The number of halogens is 3. The molecule has 0 aromatic carbocycles. The summed E-state index contributed by atoms with van der Waals surface area (Å²) in [6.07, 6.45) is 2.58. The predicted molar refractivity (Wildman–Crippen MR) is 66.6 cm³/mol. The second kappa shape index (κ2) is 6.14. The molecule has 1 saturated carbocycles. The molecule has 1 heterocycles. The molecule has 2 fully saturated rings. The van der Waals surface area contributed by atoms with Crippen molar-refractivity contribution in [1.82, 2.24) is 4.90 Å². The van der Waals surface area contributed by atoms with Crippen LogP contribution in [0.1, 0.15) is 51.4 Å². The van der Waals surface area contributed by atoms with Crippen LogP contribution in [-0.4, -0.2) is 30.1 Å². The maximum absolute atomic E-state index is 12.7. The average Bonchev–Trinajstić information content (AvgIpc) is 2.39. The minimum absolute atomic E-state index is 0.0687. The zero-order valence-corrected chi connectivity index (χ0v) is 11.2. The van der Waals surface area contributed by atoms with Gasteiger partial charge in [0.15, 0.2) is 0 Å². The predicted octanol–water partition coefficient (Wildman–Crippen LogP) is 3.76. The minimum atomic E-state index is -4.16. The highest BCUT2D eigenvalue weighted by molar-refractivity contribution is 5.76. The Labute approximate surface area is 112 Å². The van der Waals surface area contributed by atoms with Gasteiger partial charge in [0, 0.05) is 19.5 Å². The van der Waals surface area contributed by atoms with E-state index >= 15 is 0 Å². The van der Waals surface area contributed by atoms with Crippen molar-refractivity contribution in [2.75, 3.05) is 13.1 Å². The standard InChI is InChI=1S/C14H22F3NO/c15-14(16,17)12-7-4-8-18(10-12)13(19)9-11-5-2-1-3-6-11/h11-12H,1-10H2/t12-/m1/s1. The van der Waals surface area contributed by atoms with E-state index in [9.17, 15) is 18.0 Å². The number of amides is 1. The molecule has 0 unspecified atom stereocenters. The average molecular weight is 277 g/mol. The molecular formula is C14H22F3NO. The Morgan fingerprint density at radius 2 is 1.74 bits per heavy atom. The van der Waals surface area contributed by atoms with Gasteiger partial charge in [-0.15, -0.1) is 0 Å². The summed E-state index contributed by atoms with van der Waals surface area (Å²) in [5, 5.41) is 0. The van der Waals surface area contributed by atoms with Crippen LogP contribution in [0.4, 0.5) is 13.2 Å². The molecule has 110 valence electrons. The van der Waals surface area contributed by atoms with Gasteiger partial charge in [-0.1, -0.05) is 19.3 Å². The van der Waals surface area contributed by atoms with E-state index in [1.165, 1.54) is 11.3 Å². The highest BCUT2D eigenvalue weighted by atomic mass is 19.4. The van der Waals surface area contributed by atoms with Crippen molar-refractivity contribution in [1.29, 1.82) is 0 Å². The summed E-state index contributed by atoms with van der Waals surface area (Å²) in [5.74, 6) is -0.995. The van der Waals surface area contributed by atoms with Crippen LogP contribution in [0.15, 0.2) is 0 Å². The zero-order valence-electron chi connectivity index (χ0n) is 11.2. The fraction of sp³-hybridized carbons (Fsp3) is 0.929. The van der Waals surface area contributed by atoms with Crippen molar-refractivity contribution >= 4 is 5.91 Å². The van der Waals surface area contributed by atoms with E-state index in [2.05, 4.69) is 0 Å². The topological polar surface area (TPSA) is 20.3 Å². The first-order valence-corrected chi connectivity index (χ1v) is 7.31. The van der Waals surface area contributed by atoms with Gasteiger partial charge in [0.25, 0.3) is 0 Å². The summed E-state index contributed by atoms with van der Waals surface area (Å²) in [5.41, 5.74) is 0. The molecule has 1 amide bonds. The molecule has 0 spiro atoms. The Morgan fingerprint density at radius 3 is 2.37 bits per heavy atom. The lowest BCUT2D eigenvalue weighted by molar-refractivity contribution is -0.188. The zero-order chi connectivity index (χ0) is 13.9. The molecule has 0 aromatic heterocycles. The van der Waals surface area contributed by atoms with E-state index in [1.807, 2.05) is 0 Å². The van der Waals surface area contributed by atoms with Crippen molar-refractivity contribution < 1.29 is 18.0 Å². The highest BCUT2D eigenvalue weighted by Crippen LogP contribution is 2.34. The van der Waals surface area contributed by atoms with Crippen LogP contribution in [0.2, 0.25) is 0 Å². The summed E-state index contributed by atoms with van der Waals surface area (Å²) in [4.78, 5) is 13.5. The summed E-state index contributed by atoms with van der Waals surface area (Å²) in [7, 11) is 0. The Bertz CT molecular complexity index is 310. The molecule has 0 N–H and O–H groups in total. The van der Waals surface area contributed by atoms with E-state index in [0.717, 1.165) is 25.7 Å². The molecule has 1 aliphatic heterocycles. The number of alkyl halides is 3. The van der Waals surface area contributed by atoms with Gasteiger partial charge in [-0.3, -0.25) is 4.79 Å². The van der Waals surface area contributed by atoms with Gasteiger partial charge in [0.05, 0.1) is 5.92 Å². The maximum Gasteiger partial charge on any atom is 0.393 e. The molecule has 5 heteroatoms. The Kier molecular flexibility index (Phi) is 4.74. The Hall–Kier alpha value is -0.740. The van der Waals surface area contributed by atoms with Gasteiger partial charge in [-0.25, -0.2) is 0 Å². The molecule has 1 atom stereocenters. The van der Waals surface area contributed by atoms with Crippen LogP contribution in [0, 0.1) is 11.8 Å². The first-order chi connectivity index (χ1) is 8.97. The van der Waals surface area contributed by atoms with Crippen molar-refractivity contribution in [3.8, 4) is 0 Å². The number of hydrogen-bond acceptors (Lipinski definition) is 1. The van der Waals surface area contributed by atoms with Crippen molar-refractivity contribution in [2.24, 2.45) is 11.8 Å². The number of piperidine rings is 1. The molecule has 0 radical (unpaired) electrons. The summed E-state index contributed by atoms with van der Waals surface area (Å²) >= 11 is 0. The van der Waals surface area contributed by atoms with Crippen molar-refractivity contribution in [3.63, 3.8) is 0 Å². The number of carbonyl (C=O) groups is 1. The van der Waals surface area contributed by atoms with Gasteiger partial charge in [-0.05, 0) is 31.6 Å². The van der Waals surface area contributed by atoms with Gasteiger partial charge < -0.3 is 4.90 Å². The molecule has 2 nitrogen and oxygen atoms in total. The third-order valence-electron chi connectivity index (χ3n) is 4.43. The fourth-order valence-corrected chi connectivity index (χ4v) is 3.24. The SMILES string of the molecule is O=C(CC1CCCCC1)N1CCC[C@@H](C(F)(F)F)C1. The smallest absolute Gasteiger partial charge is 0.342 e. The van der Waals surface area contributed by atoms with Crippen LogP contribution >= 0.6 is 0 Å². The lowest BCUT2D eigenvalue weighted by Crippen LogP contribution is -2.45. The number of rotatable bonds is 2. The van der Waals surface area contributed by atoms with Gasteiger partial charge >= 0.3 is 6.18 Å². The molecule has 1 aliphatic carbocycles. The monoisotopic (exact) mass is 277 g/mol. The fourth-order valence-electron chi connectivity index (χ4n) is 3.24. The molecule has 19 heavy (non-hydrogen) atoms. The van der Waals surface area contributed by atoms with E-state index in [4.69, 9.17) is 0 Å². The van der Waals surface area contributed by atoms with Gasteiger partial charge in [0.2, 0.25) is 5.91 Å². The first kappa shape index (κ1) is 14.7. The maximum atomic E-state index is 12.7. The van der Waals surface area contributed by atoms with Crippen LogP contribution in [0.5, 0.6) is 0 Å². The van der Waals surface area contributed by atoms with Crippen molar-refractivity contribution in [3.05, 3.63) is 0 Å². The van der Waals surface area contributed by atoms with Crippen LogP contribution in [0.25, 0.3) is 0 Å². The van der Waals surface area contributed by atoms with Gasteiger partial charge in [-0.2, -0.15) is 13.2 Å². The third kappa shape index (κ3) is 4.11. The van der Waals surface area contributed by atoms with Crippen molar-refractivity contribution in [2.45, 2.75) is 57.5 Å². The molecule has 0 bridgehead atoms. The van der Waals surface area contributed by atoms with Crippen LogP contribution in [-0.2, 0) is 4.79 Å². The number of hydrogen-bond donors (Lipinski definition) is 0. The van der Waals surface area contributed by atoms with E-state index in [-0.39, 0.29) is 18.9 Å². The lowest BCUT2D eigenvalue weighted by atomic mass is 9.86. The molecular weight excluding hydrogens is 255 g/mol. The highest BCUT2D eigenvalue weighted by Gasteiger charge is 2.42. The Morgan fingerprint density at radius 1 is 1.05 bits per heavy atom. The van der Waals surface area contributed by atoms with Crippen LogP contribution in [0.3, 0.4) is 0 Å². The normalized spacial score (nSPS) is 26.5. The quantitative estimate of drug-likeness (QED) is 0.752. The minimum Gasteiger partial charge on any atom is -0.342 e. The summed E-state index contributed by atoms with van der Waals surface area (Å²) in [6.45, 7) is 0.368. The second-order valence-corrected chi connectivity index (χ2v) is 5.93. The largest absolute Gasteiger partial charge is 0.393 e. The molecule has 2 rings (SSSR count). The lowest BCUT2D eigenvalue weighted by Gasteiger charge is -2.35. The molecule has 0 aromatic rings.